The molecule has 1 unspecified atom stereocenters. The molecule has 1 atom stereocenters. The molecule has 88 valence electrons. The van der Waals surface area contributed by atoms with Crippen molar-refractivity contribution in [1.29, 1.82) is 0 Å². The number of rotatable bonds is 4. The summed E-state index contributed by atoms with van der Waals surface area (Å²) in [5.41, 5.74) is -0.645. The molecule has 0 aliphatic carbocycles. The molecule has 0 saturated carbocycles. The van der Waals surface area contributed by atoms with Crippen molar-refractivity contribution in [3.63, 3.8) is 0 Å². The molecule has 0 bridgehead atoms. The van der Waals surface area contributed by atoms with Crippen LogP contribution in [0.4, 0.5) is 13.2 Å². The first-order valence-corrected chi connectivity index (χ1v) is 4.71. The largest absolute Gasteiger partial charge is 0.481 e. The van der Waals surface area contributed by atoms with Crippen LogP contribution in [0.2, 0.25) is 0 Å². The quantitative estimate of drug-likeness (QED) is 0.864. The van der Waals surface area contributed by atoms with Gasteiger partial charge in [0.1, 0.15) is 5.82 Å². The average Bonchev–Trinajstić information content (AvgIpc) is 2.15. The second kappa shape index (κ2) is 5.01. The Morgan fingerprint density at radius 2 is 2.06 bits per heavy atom. The number of aliphatic carboxylic acids is 1. The topological polar surface area (TPSA) is 37.3 Å². The molecule has 1 rings (SSSR count). The maximum atomic E-state index is 13.2. The van der Waals surface area contributed by atoms with E-state index < -0.39 is 29.7 Å². The van der Waals surface area contributed by atoms with Gasteiger partial charge in [0, 0.05) is 0 Å². The predicted molar refractivity (Wildman–Crippen MR) is 52.0 cm³/mol. The van der Waals surface area contributed by atoms with E-state index in [2.05, 4.69) is 0 Å². The van der Waals surface area contributed by atoms with Gasteiger partial charge in [0.15, 0.2) is 0 Å². The Labute approximate surface area is 90.7 Å². The molecule has 0 saturated heterocycles. The monoisotopic (exact) mass is 232 g/mol. The van der Waals surface area contributed by atoms with Crippen LogP contribution < -0.4 is 0 Å². The molecule has 0 aliphatic rings. The van der Waals surface area contributed by atoms with Crippen LogP contribution in [0.15, 0.2) is 18.2 Å². The van der Waals surface area contributed by atoms with Crippen molar-refractivity contribution in [3.8, 4) is 0 Å². The molecular weight excluding hydrogens is 221 g/mol. The smallest absolute Gasteiger partial charge is 0.303 e. The van der Waals surface area contributed by atoms with Crippen LogP contribution in [-0.2, 0) is 4.79 Å². The van der Waals surface area contributed by atoms with Crippen molar-refractivity contribution in [2.45, 2.75) is 25.7 Å². The predicted octanol–water partition coefficient (Wildman–Crippen LogP) is 3.34. The highest BCUT2D eigenvalue weighted by Gasteiger charge is 2.22. The molecule has 0 spiro atoms. The van der Waals surface area contributed by atoms with Crippen LogP contribution in [0.1, 0.15) is 36.8 Å². The van der Waals surface area contributed by atoms with E-state index in [1.165, 1.54) is 19.1 Å². The van der Waals surface area contributed by atoms with Gasteiger partial charge in [-0.25, -0.2) is 13.2 Å². The summed E-state index contributed by atoms with van der Waals surface area (Å²) in [7, 11) is 0. The lowest BCUT2D eigenvalue weighted by atomic mass is 9.93. The van der Waals surface area contributed by atoms with Crippen LogP contribution >= 0.6 is 0 Å². The number of benzene rings is 1. The highest BCUT2D eigenvalue weighted by molar-refractivity contribution is 5.68. The van der Waals surface area contributed by atoms with Crippen molar-refractivity contribution in [2.75, 3.05) is 0 Å². The van der Waals surface area contributed by atoms with Gasteiger partial charge in [0.2, 0.25) is 0 Å². The summed E-state index contributed by atoms with van der Waals surface area (Å²) in [6.07, 6.45) is -3.24. The van der Waals surface area contributed by atoms with Crippen LogP contribution in [0.5, 0.6) is 0 Å². The molecule has 0 heterocycles. The Kier molecular flexibility index (Phi) is 3.93. The second-order valence-electron chi connectivity index (χ2n) is 3.54. The lowest BCUT2D eigenvalue weighted by Gasteiger charge is -2.14. The van der Waals surface area contributed by atoms with E-state index in [9.17, 15) is 18.0 Å². The molecule has 1 aromatic rings. The summed E-state index contributed by atoms with van der Waals surface area (Å²) in [6.45, 7) is 1.48. The minimum absolute atomic E-state index is 0.0531. The summed E-state index contributed by atoms with van der Waals surface area (Å²) >= 11 is 0. The maximum Gasteiger partial charge on any atom is 0.303 e. The molecule has 0 aliphatic heterocycles. The number of alkyl halides is 2. The van der Waals surface area contributed by atoms with Crippen LogP contribution in [0, 0.1) is 5.82 Å². The van der Waals surface area contributed by atoms with Crippen LogP contribution in [-0.4, -0.2) is 11.1 Å². The number of carboxylic acids is 1. The van der Waals surface area contributed by atoms with Crippen molar-refractivity contribution < 1.29 is 23.1 Å². The number of hydrogen-bond donors (Lipinski definition) is 1. The number of halogens is 3. The number of hydrogen-bond acceptors (Lipinski definition) is 1. The molecule has 16 heavy (non-hydrogen) atoms. The first kappa shape index (κ1) is 12.5. The molecule has 0 fully saturated rings. The maximum absolute atomic E-state index is 13.2. The Balaban J connectivity index is 3.12. The lowest BCUT2D eigenvalue weighted by molar-refractivity contribution is -0.137. The minimum atomic E-state index is -2.94. The summed E-state index contributed by atoms with van der Waals surface area (Å²) in [5.74, 6) is -2.74. The SMILES string of the molecule is CC(CC(=O)O)c1cccc(F)c1C(F)F. The van der Waals surface area contributed by atoms with Gasteiger partial charge in [-0.05, 0) is 17.5 Å². The van der Waals surface area contributed by atoms with Crippen molar-refractivity contribution in [2.24, 2.45) is 0 Å². The molecule has 1 N–H and O–H groups in total. The van der Waals surface area contributed by atoms with Crippen molar-refractivity contribution >= 4 is 5.97 Å². The van der Waals surface area contributed by atoms with Gasteiger partial charge >= 0.3 is 5.97 Å². The van der Waals surface area contributed by atoms with E-state index in [0.29, 0.717) is 0 Å². The zero-order valence-corrected chi connectivity index (χ0v) is 8.58. The van der Waals surface area contributed by atoms with E-state index in [1.54, 1.807) is 0 Å². The summed E-state index contributed by atoms with van der Waals surface area (Å²) in [5, 5.41) is 8.56. The molecule has 1 aromatic carbocycles. The van der Waals surface area contributed by atoms with Crippen molar-refractivity contribution in [3.05, 3.63) is 35.1 Å². The Morgan fingerprint density at radius 3 is 2.56 bits per heavy atom. The zero-order chi connectivity index (χ0) is 12.3. The third-order valence-electron chi connectivity index (χ3n) is 2.32. The highest BCUT2D eigenvalue weighted by atomic mass is 19.3. The molecule has 0 amide bonds. The third kappa shape index (κ3) is 2.74. The van der Waals surface area contributed by atoms with E-state index in [0.717, 1.165) is 6.07 Å². The first-order valence-electron chi connectivity index (χ1n) is 4.71. The summed E-state index contributed by atoms with van der Waals surface area (Å²) in [4.78, 5) is 10.5. The van der Waals surface area contributed by atoms with Gasteiger partial charge in [0.25, 0.3) is 6.43 Å². The van der Waals surface area contributed by atoms with E-state index in [-0.39, 0.29) is 12.0 Å². The fourth-order valence-electron chi connectivity index (χ4n) is 1.59. The van der Waals surface area contributed by atoms with Crippen molar-refractivity contribution in [1.82, 2.24) is 0 Å². The average molecular weight is 232 g/mol. The van der Waals surface area contributed by atoms with E-state index in [4.69, 9.17) is 5.11 Å². The van der Waals surface area contributed by atoms with Gasteiger partial charge in [0.05, 0.1) is 12.0 Å². The van der Waals surface area contributed by atoms with E-state index in [1.807, 2.05) is 0 Å². The van der Waals surface area contributed by atoms with Gasteiger partial charge in [-0.1, -0.05) is 19.1 Å². The Morgan fingerprint density at radius 1 is 1.44 bits per heavy atom. The molecule has 5 heteroatoms. The summed E-state index contributed by atoms with van der Waals surface area (Å²) in [6, 6.07) is 3.57. The lowest BCUT2D eigenvalue weighted by Crippen LogP contribution is -2.07. The fourth-order valence-corrected chi connectivity index (χ4v) is 1.59. The number of carbonyl (C=O) groups is 1. The standard InChI is InChI=1S/C11H11F3O2/c1-6(5-9(15)16)7-3-2-4-8(12)10(7)11(13)14/h2-4,6,11H,5H2,1H3,(H,15,16). The third-order valence-corrected chi connectivity index (χ3v) is 2.32. The highest BCUT2D eigenvalue weighted by Crippen LogP contribution is 2.31. The normalized spacial score (nSPS) is 12.8. The number of carboxylic acid groups (broad SMARTS) is 1. The molecule has 2 nitrogen and oxygen atoms in total. The summed E-state index contributed by atoms with van der Waals surface area (Å²) < 4.78 is 38.4. The Bertz CT molecular complexity index is 391. The molecule has 0 aromatic heterocycles. The second-order valence-corrected chi connectivity index (χ2v) is 3.54. The fraction of sp³-hybridized carbons (Fsp3) is 0.364. The van der Waals surface area contributed by atoms with Gasteiger partial charge in [-0.2, -0.15) is 0 Å². The Hall–Kier alpha value is -1.52. The molecule has 0 radical (unpaired) electrons. The first-order chi connectivity index (χ1) is 7.43. The van der Waals surface area contributed by atoms with Crippen LogP contribution in [0.25, 0.3) is 0 Å². The van der Waals surface area contributed by atoms with Gasteiger partial charge in [-0.15, -0.1) is 0 Å². The van der Waals surface area contributed by atoms with Gasteiger partial charge in [-0.3, -0.25) is 4.79 Å². The van der Waals surface area contributed by atoms with Gasteiger partial charge < -0.3 is 5.11 Å². The van der Waals surface area contributed by atoms with E-state index >= 15 is 0 Å². The zero-order valence-electron chi connectivity index (χ0n) is 8.58. The minimum Gasteiger partial charge on any atom is -0.481 e. The molecular formula is C11H11F3O2. The van der Waals surface area contributed by atoms with Crippen LogP contribution in [0.3, 0.4) is 0 Å².